The van der Waals surface area contributed by atoms with Crippen molar-refractivity contribution in [1.82, 2.24) is 5.32 Å². The standard InChI is InChI=1S/C19H15F3N2O3/c1-9-11(20)7-13(17(22)16(9)21)24-19(27)15-14(25)8-12(23-18(15)26)10-5-3-2-4-6-10/h2-7,12,25H,8H2,1H3,(H,23,26)(H,24,27). The van der Waals surface area contributed by atoms with Crippen LogP contribution in [0.15, 0.2) is 47.7 Å². The molecule has 1 unspecified atom stereocenters. The normalized spacial score (nSPS) is 16.9. The minimum atomic E-state index is -1.46. The number of nitrogens with one attached hydrogen (secondary N) is 2. The molecule has 2 amide bonds. The number of benzene rings is 2. The monoisotopic (exact) mass is 376 g/mol. The number of hydrogen-bond donors (Lipinski definition) is 3. The average molecular weight is 376 g/mol. The Balaban J connectivity index is 1.86. The van der Waals surface area contributed by atoms with Crippen LogP contribution in [0.2, 0.25) is 0 Å². The van der Waals surface area contributed by atoms with Crippen LogP contribution in [0.3, 0.4) is 0 Å². The first kappa shape index (κ1) is 18.5. The minimum absolute atomic E-state index is 0.0579. The lowest BCUT2D eigenvalue weighted by atomic mass is 9.96. The predicted molar refractivity (Wildman–Crippen MR) is 91.3 cm³/mol. The average Bonchev–Trinajstić information content (AvgIpc) is 2.64. The molecule has 0 spiro atoms. The molecule has 0 fully saturated rings. The second kappa shape index (κ2) is 7.14. The molecule has 5 nitrogen and oxygen atoms in total. The van der Waals surface area contributed by atoms with Gasteiger partial charge >= 0.3 is 0 Å². The van der Waals surface area contributed by atoms with Crippen molar-refractivity contribution >= 4 is 17.5 Å². The third-order valence-electron chi connectivity index (χ3n) is 4.28. The van der Waals surface area contributed by atoms with E-state index in [1.165, 1.54) is 0 Å². The summed E-state index contributed by atoms with van der Waals surface area (Å²) >= 11 is 0. The maximum atomic E-state index is 13.9. The number of carbonyl (C=O) groups is 2. The number of hydrogen-bond acceptors (Lipinski definition) is 3. The Bertz CT molecular complexity index is 958. The van der Waals surface area contributed by atoms with E-state index < -0.39 is 57.9 Å². The topological polar surface area (TPSA) is 78.4 Å². The molecule has 0 bridgehead atoms. The second-order valence-electron chi connectivity index (χ2n) is 6.08. The summed E-state index contributed by atoms with van der Waals surface area (Å²) < 4.78 is 41.1. The molecule has 1 aliphatic rings. The molecule has 2 aromatic rings. The molecule has 0 radical (unpaired) electrons. The highest BCUT2D eigenvalue weighted by molar-refractivity contribution is 6.23. The molecule has 0 saturated carbocycles. The smallest absolute Gasteiger partial charge is 0.264 e. The second-order valence-corrected chi connectivity index (χ2v) is 6.08. The van der Waals surface area contributed by atoms with Crippen LogP contribution in [0.25, 0.3) is 0 Å². The van der Waals surface area contributed by atoms with Crippen LogP contribution in [0.5, 0.6) is 0 Å². The summed E-state index contributed by atoms with van der Waals surface area (Å²) in [6.45, 7) is 1.05. The molecule has 1 heterocycles. The van der Waals surface area contributed by atoms with Crippen LogP contribution in [0, 0.1) is 24.4 Å². The van der Waals surface area contributed by atoms with Crippen LogP contribution in [-0.4, -0.2) is 16.9 Å². The molecule has 1 aliphatic heterocycles. The number of carbonyl (C=O) groups excluding carboxylic acids is 2. The number of anilines is 1. The van der Waals surface area contributed by atoms with Crippen molar-refractivity contribution < 1.29 is 27.9 Å². The first-order valence-electron chi connectivity index (χ1n) is 8.03. The Kier molecular flexibility index (Phi) is 4.89. The van der Waals surface area contributed by atoms with E-state index in [0.717, 1.165) is 12.5 Å². The zero-order valence-electron chi connectivity index (χ0n) is 14.1. The Morgan fingerprint density at radius 2 is 1.85 bits per heavy atom. The molecule has 2 aromatic carbocycles. The van der Waals surface area contributed by atoms with Crippen molar-refractivity contribution in [3.05, 3.63) is 76.3 Å². The Hall–Kier alpha value is -3.29. The highest BCUT2D eigenvalue weighted by atomic mass is 19.2. The van der Waals surface area contributed by atoms with Crippen LogP contribution < -0.4 is 10.6 Å². The van der Waals surface area contributed by atoms with Gasteiger partial charge in [0.25, 0.3) is 11.8 Å². The highest BCUT2D eigenvalue weighted by Crippen LogP contribution is 2.28. The summed E-state index contributed by atoms with van der Waals surface area (Å²) in [5.74, 6) is -6.50. The lowest BCUT2D eigenvalue weighted by Gasteiger charge is -2.25. The number of amides is 2. The Labute approximate surface area is 152 Å². The summed E-state index contributed by atoms with van der Waals surface area (Å²) in [6, 6.07) is 8.86. The number of aliphatic hydroxyl groups is 1. The first-order valence-corrected chi connectivity index (χ1v) is 8.03. The summed E-state index contributed by atoms with van der Waals surface area (Å²) in [7, 11) is 0. The van der Waals surface area contributed by atoms with Gasteiger partial charge in [0.2, 0.25) is 0 Å². The minimum Gasteiger partial charge on any atom is -0.511 e. The lowest BCUT2D eigenvalue weighted by Crippen LogP contribution is -2.39. The number of rotatable bonds is 3. The van der Waals surface area contributed by atoms with Gasteiger partial charge in [0, 0.05) is 18.1 Å². The Morgan fingerprint density at radius 3 is 2.48 bits per heavy atom. The van der Waals surface area contributed by atoms with Gasteiger partial charge in [-0.3, -0.25) is 9.59 Å². The number of aliphatic hydroxyl groups excluding tert-OH is 1. The van der Waals surface area contributed by atoms with E-state index in [2.05, 4.69) is 5.32 Å². The fraction of sp³-hybridized carbons (Fsp3) is 0.158. The molecule has 0 aliphatic carbocycles. The van der Waals surface area contributed by atoms with E-state index in [0.29, 0.717) is 6.07 Å². The molecule has 0 saturated heterocycles. The highest BCUT2D eigenvalue weighted by Gasteiger charge is 2.32. The van der Waals surface area contributed by atoms with Crippen molar-refractivity contribution in [3.8, 4) is 0 Å². The van der Waals surface area contributed by atoms with Crippen LogP contribution in [0.1, 0.15) is 23.6 Å². The van der Waals surface area contributed by atoms with Crippen molar-refractivity contribution in [1.29, 1.82) is 0 Å². The summed E-state index contributed by atoms with van der Waals surface area (Å²) in [5, 5.41) is 14.7. The van der Waals surface area contributed by atoms with Gasteiger partial charge in [0.15, 0.2) is 11.6 Å². The van der Waals surface area contributed by atoms with Crippen molar-refractivity contribution in [2.24, 2.45) is 0 Å². The maximum Gasteiger partial charge on any atom is 0.264 e. The van der Waals surface area contributed by atoms with E-state index in [4.69, 9.17) is 0 Å². The van der Waals surface area contributed by atoms with Crippen LogP contribution in [-0.2, 0) is 9.59 Å². The summed E-state index contributed by atoms with van der Waals surface area (Å²) in [6.07, 6.45) is -0.0579. The zero-order valence-corrected chi connectivity index (χ0v) is 14.1. The third-order valence-corrected chi connectivity index (χ3v) is 4.28. The van der Waals surface area contributed by atoms with Crippen molar-refractivity contribution in [2.45, 2.75) is 19.4 Å². The van der Waals surface area contributed by atoms with Gasteiger partial charge in [-0.2, -0.15) is 0 Å². The van der Waals surface area contributed by atoms with Gasteiger partial charge in [0.1, 0.15) is 17.1 Å². The van der Waals surface area contributed by atoms with Crippen LogP contribution >= 0.6 is 0 Å². The molecule has 3 N–H and O–H groups in total. The van der Waals surface area contributed by atoms with Crippen LogP contribution in [0.4, 0.5) is 18.9 Å². The van der Waals surface area contributed by atoms with Gasteiger partial charge in [-0.05, 0) is 12.5 Å². The lowest BCUT2D eigenvalue weighted by molar-refractivity contribution is -0.123. The van der Waals surface area contributed by atoms with Gasteiger partial charge in [-0.25, -0.2) is 13.2 Å². The quantitative estimate of drug-likeness (QED) is 0.567. The first-order chi connectivity index (χ1) is 12.8. The van der Waals surface area contributed by atoms with Gasteiger partial charge in [0.05, 0.1) is 11.7 Å². The SMILES string of the molecule is Cc1c(F)cc(NC(=O)C2=C(O)CC(c3ccccc3)NC2=O)c(F)c1F. The van der Waals surface area contributed by atoms with Crippen molar-refractivity contribution in [2.75, 3.05) is 5.32 Å². The van der Waals surface area contributed by atoms with E-state index in [9.17, 15) is 27.9 Å². The van der Waals surface area contributed by atoms with E-state index in [-0.39, 0.29) is 6.42 Å². The largest absolute Gasteiger partial charge is 0.511 e. The molecule has 27 heavy (non-hydrogen) atoms. The van der Waals surface area contributed by atoms with Gasteiger partial charge < -0.3 is 15.7 Å². The molecule has 3 rings (SSSR count). The molecule has 8 heteroatoms. The zero-order chi connectivity index (χ0) is 19.7. The fourth-order valence-electron chi connectivity index (χ4n) is 2.79. The fourth-order valence-corrected chi connectivity index (χ4v) is 2.79. The molecule has 0 aromatic heterocycles. The molecule has 140 valence electrons. The van der Waals surface area contributed by atoms with E-state index in [1.807, 2.05) is 5.32 Å². The molecule has 1 atom stereocenters. The number of halogens is 3. The summed E-state index contributed by atoms with van der Waals surface area (Å²) in [5.41, 5.74) is -1.21. The van der Waals surface area contributed by atoms with E-state index in [1.54, 1.807) is 30.3 Å². The summed E-state index contributed by atoms with van der Waals surface area (Å²) in [4.78, 5) is 24.6. The van der Waals surface area contributed by atoms with Crippen molar-refractivity contribution in [3.63, 3.8) is 0 Å². The Morgan fingerprint density at radius 1 is 1.19 bits per heavy atom. The van der Waals surface area contributed by atoms with Gasteiger partial charge in [-0.15, -0.1) is 0 Å². The molecular formula is C19H15F3N2O3. The van der Waals surface area contributed by atoms with Gasteiger partial charge in [-0.1, -0.05) is 30.3 Å². The molecular weight excluding hydrogens is 361 g/mol. The third kappa shape index (κ3) is 3.51. The maximum absolute atomic E-state index is 13.9. The predicted octanol–water partition coefficient (Wildman–Crippen LogP) is 3.42. The van der Waals surface area contributed by atoms with E-state index >= 15 is 0 Å².